The van der Waals surface area contributed by atoms with Gasteiger partial charge in [0.05, 0.1) is 11.0 Å². The molecule has 0 bridgehead atoms. The number of nitrogens with zero attached hydrogens (tertiary/aromatic N) is 1. The molecule has 2 heterocycles. The van der Waals surface area contributed by atoms with Gasteiger partial charge in [0.2, 0.25) is 0 Å². The molecular weight excluding hydrogens is 200 g/mol. The van der Waals surface area contributed by atoms with Crippen molar-refractivity contribution in [3.8, 4) is 0 Å². The van der Waals surface area contributed by atoms with Crippen molar-refractivity contribution in [3.63, 3.8) is 0 Å². The fourth-order valence-corrected chi connectivity index (χ4v) is 2.54. The molecule has 0 radical (unpaired) electrons. The Bertz CT molecular complexity index is 519. The van der Waals surface area contributed by atoms with Gasteiger partial charge in [-0.2, -0.15) is 0 Å². The second-order valence-electron chi connectivity index (χ2n) is 4.46. The van der Waals surface area contributed by atoms with Crippen LogP contribution >= 0.6 is 0 Å². The molecule has 0 spiro atoms. The number of hydrogen-bond acceptors (Lipinski definition) is 2. The van der Waals surface area contributed by atoms with E-state index in [0.29, 0.717) is 11.7 Å². The molecule has 3 nitrogen and oxygen atoms in total. The maximum absolute atomic E-state index is 11.2. The number of carbonyl (C=O) groups is 1. The van der Waals surface area contributed by atoms with Crippen molar-refractivity contribution in [1.29, 1.82) is 0 Å². The minimum absolute atomic E-state index is 0.407. The van der Waals surface area contributed by atoms with E-state index < -0.39 is 0 Å². The summed E-state index contributed by atoms with van der Waals surface area (Å²) in [7, 11) is 0. The van der Waals surface area contributed by atoms with E-state index in [1.807, 2.05) is 18.3 Å². The second-order valence-corrected chi connectivity index (χ2v) is 4.46. The molecular formula is C13H14N2O. The van der Waals surface area contributed by atoms with E-state index in [4.69, 9.17) is 0 Å². The Morgan fingerprint density at radius 3 is 2.94 bits per heavy atom. The molecule has 0 unspecified atom stereocenters. The van der Waals surface area contributed by atoms with Gasteiger partial charge in [0.1, 0.15) is 5.78 Å². The number of carbonyl (C=O) groups excluding carboxylic acids is 1. The third kappa shape index (κ3) is 1.52. The highest BCUT2D eigenvalue weighted by atomic mass is 16.1. The van der Waals surface area contributed by atoms with E-state index in [1.165, 1.54) is 5.56 Å². The third-order valence-corrected chi connectivity index (χ3v) is 3.45. The van der Waals surface area contributed by atoms with Gasteiger partial charge in [-0.15, -0.1) is 0 Å². The number of rotatable bonds is 1. The largest absolute Gasteiger partial charge is 0.360 e. The summed E-state index contributed by atoms with van der Waals surface area (Å²) in [5.41, 5.74) is 3.44. The van der Waals surface area contributed by atoms with E-state index in [1.54, 1.807) is 0 Å². The van der Waals surface area contributed by atoms with Crippen LogP contribution in [-0.4, -0.2) is 15.8 Å². The number of fused-ring (bicyclic) bond motifs is 1. The monoisotopic (exact) mass is 214 g/mol. The average Bonchev–Trinajstić information content (AvgIpc) is 2.74. The zero-order valence-corrected chi connectivity index (χ0v) is 9.07. The van der Waals surface area contributed by atoms with E-state index in [2.05, 4.69) is 16.2 Å². The summed E-state index contributed by atoms with van der Waals surface area (Å²) in [5, 5.41) is 0. The van der Waals surface area contributed by atoms with Crippen molar-refractivity contribution in [2.24, 2.45) is 0 Å². The lowest BCUT2D eigenvalue weighted by atomic mass is 9.84. The molecule has 1 N–H and O–H groups in total. The van der Waals surface area contributed by atoms with Gasteiger partial charge in [-0.3, -0.25) is 9.78 Å². The fraction of sp³-hybridized carbons (Fsp3) is 0.385. The minimum atomic E-state index is 0.407. The normalized spacial score (nSPS) is 18.1. The topological polar surface area (TPSA) is 45.8 Å². The zero-order chi connectivity index (χ0) is 11.0. The predicted molar refractivity (Wildman–Crippen MR) is 62.3 cm³/mol. The molecule has 1 saturated carbocycles. The van der Waals surface area contributed by atoms with Crippen molar-refractivity contribution < 1.29 is 4.79 Å². The van der Waals surface area contributed by atoms with Gasteiger partial charge in [-0.25, -0.2) is 0 Å². The number of H-pyrrole nitrogens is 1. The van der Waals surface area contributed by atoms with Gasteiger partial charge in [-0.1, -0.05) is 0 Å². The molecule has 0 aromatic carbocycles. The smallest absolute Gasteiger partial charge is 0.132 e. The van der Waals surface area contributed by atoms with Crippen LogP contribution in [0.4, 0.5) is 0 Å². The van der Waals surface area contributed by atoms with Crippen LogP contribution < -0.4 is 0 Å². The summed E-state index contributed by atoms with van der Waals surface area (Å²) >= 11 is 0. The average molecular weight is 214 g/mol. The summed E-state index contributed by atoms with van der Waals surface area (Å²) in [6.45, 7) is 0. The number of Topliss-reactive ketones (excluding diaryl/α,β-unsaturated/α-hetero) is 1. The lowest BCUT2D eigenvalue weighted by Crippen LogP contribution is -2.12. The van der Waals surface area contributed by atoms with E-state index in [0.717, 1.165) is 36.7 Å². The molecule has 1 fully saturated rings. The molecule has 3 rings (SSSR count). The minimum Gasteiger partial charge on any atom is -0.360 e. The molecule has 2 aromatic rings. The van der Waals surface area contributed by atoms with Gasteiger partial charge in [0, 0.05) is 25.2 Å². The van der Waals surface area contributed by atoms with Crippen LogP contribution in [0.25, 0.3) is 11.0 Å². The molecule has 0 amide bonds. The SMILES string of the molecule is O=C1CCC(c2c[nH]c3cccnc23)CC1. The first-order valence-corrected chi connectivity index (χ1v) is 5.78. The van der Waals surface area contributed by atoms with E-state index in [9.17, 15) is 4.79 Å². The number of nitrogens with one attached hydrogen (secondary N) is 1. The molecule has 0 saturated heterocycles. The van der Waals surface area contributed by atoms with Crippen molar-refractivity contribution in [2.75, 3.05) is 0 Å². The Labute approximate surface area is 93.9 Å². The molecule has 16 heavy (non-hydrogen) atoms. The third-order valence-electron chi connectivity index (χ3n) is 3.45. The number of ketones is 1. The van der Waals surface area contributed by atoms with Crippen LogP contribution in [0.15, 0.2) is 24.5 Å². The van der Waals surface area contributed by atoms with Crippen LogP contribution in [0.1, 0.15) is 37.2 Å². The Kier molecular flexibility index (Phi) is 2.24. The first-order valence-electron chi connectivity index (χ1n) is 5.78. The fourth-order valence-electron chi connectivity index (χ4n) is 2.54. The van der Waals surface area contributed by atoms with Crippen molar-refractivity contribution in [2.45, 2.75) is 31.6 Å². The molecule has 1 aliphatic carbocycles. The van der Waals surface area contributed by atoms with Crippen LogP contribution in [0.3, 0.4) is 0 Å². The standard InChI is InChI=1S/C13H14N2O/c16-10-5-3-9(4-6-10)11-8-15-12-2-1-7-14-13(11)12/h1-2,7-9,15H,3-6H2. The maximum atomic E-state index is 11.2. The highest BCUT2D eigenvalue weighted by molar-refractivity contribution is 5.81. The van der Waals surface area contributed by atoms with Crippen molar-refractivity contribution in [1.82, 2.24) is 9.97 Å². The second kappa shape index (κ2) is 3.74. The molecule has 3 heteroatoms. The Balaban J connectivity index is 1.97. The molecule has 1 aliphatic rings. The van der Waals surface area contributed by atoms with Gasteiger partial charge in [0.15, 0.2) is 0 Å². The first kappa shape index (κ1) is 9.58. The van der Waals surface area contributed by atoms with Crippen LogP contribution in [0, 0.1) is 0 Å². The highest BCUT2D eigenvalue weighted by Crippen LogP contribution is 2.34. The van der Waals surface area contributed by atoms with Gasteiger partial charge in [-0.05, 0) is 36.5 Å². The zero-order valence-electron chi connectivity index (χ0n) is 9.07. The van der Waals surface area contributed by atoms with Gasteiger partial charge >= 0.3 is 0 Å². The quantitative estimate of drug-likeness (QED) is 0.793. The summed E-state index contributed by atoms with van der Waals surface area (Å²) in [4.78, 5) is 18.9. The maximum Gasteiger partial charge on any atom is 0.132 e. The summed E-state index contributed by atoms with van der Waals surface area (Å²) in [6, 6.07) is 3.98. The van der Waals surface area contributed by atoms with Crippen LogP contribution in [0.2, 0.25) is 0 Å². The number of aromatic nitrogens is 2. The van der Waals surface area contributed by atoms with Crippen molar-refractivity contribution in [3.05, 3.63) is 30.1 Å². The molecule has 0 aliphatic heterocycles. The summed E-state index contributed by atoms with van der Waals surface area (Å²) in [5.74, 6) is 0.908. The van der Waals surface area contributed by atoms with Crippen LogP contribution in [-0.2, 0) is 4.79 Å². The van der Waals surface area contributed by atoms with Gasteiger partial charge in [0.25, 0.3) is 0 Å². The lowest BCUT2D eigenvalue weighted by molar-refractivity contribution is -0.120. The predicted octanol–water partition coefficient (Wildman–Crippen LogP) is 2.79. The number of pyridine rings is 1. The summed E-state index contributed by atoms with van der Waals surface area (Å²) < 4.78 is 0. The molecule has 82 valence electrons. The van der Waals surface area contributed by atoms with Gasteiger partial charge < -0.3 is 4.98 Å². The Morgan fingerprint density at radius 2 is 2.12 bits per heavy atom. The van der Waals surface area contributed by atoms with Crippen LogP contribution in [0.5, 0.6) is 0 Å². The van der Waals surface area contributed by atoms with E-state index in [-0.39, 0.29) is 0 Å². The lowest BCUT2D eigenvalue weighted by Gasteiger charge is -2.19. The first-order chi connectivity index (χ1) is 7.84. The number of hydrogen-bond donors (Lipinski definition) is 1. The number of aromatic amines is 1. The highest BCUT2D eigenvalue weighted by Gasteiger charge is 2.22. The Hall–Kier alpha value is -1.64. The van der Waals surface area contributed by atoms with Crippen molar-refractivity contribution >= 4 is 16.8 Å². The molecule has 2 aromatic heterocycles. The Morgan fingerprint density at radius 1 is 1.31 bits per heavy atom. The summed E-state index contributed by atoms with van der Waals surface area (Å²) in [6.07, 6.45) is 7.28. The molecule has 0 atom stereocenters. The van der Waals surface area contributed by atoms with E-state index >= 15 is 0 Å².